The molecule has 2 aliphatic carbocycles. The second kappa shape index (κ2) is 15.8. The van der Waals surface area contributed by atoms with Gasteiger partial charge in [-0.1, -0.05) is 6.92 Å². The monoisotopic (exact) mass is 602 g/mol. The van der Waals surface area contributed by atoms with Crippen LogP contribution in [-0.2, 0) is 66.7 Å². The van der Waals surface area contributed by atoms with E-state index in [1.165, 1.54) is 48.7 Å². The van der Waals surface area contributed by atoms with Gasteiger partial charge in [-0.2, -0.15) is 0 Å². The summed E-state index contributed by atoms with van der Waals surface area (Å²) < 4.78 is 45.1. The maximum absolute atomic E-state index is 12.3. The molecule has 2 aliphatic rings. The Bertz CT molecular complexity index is 995. The Morgan fingerprint density at radius 3 is 1.38 bits per heavy atom. The molecule has 238 valence electrons. The van der Waals surface area contributed by atoms with Crippen molar-refractivity contribution in [3.63, 3.8) is 0 Å². The Morgan fingerprint density at radius 2 is 0.929 bits per heavy atom. The van der Waals surface area contributed by atoms with Crippen molar-refractivity contribution < 1.29 is 66.7 Å². The maximum Gasteiger partial charge on any atom is 0.303 e. The molecular formula is C28H42O14. The van der Waals surface area contributed by atoms with Crippen molar-refractivity contribution in [2.24, 2.45) is 17.8 Å². The molecule has 0 bridgehead atoms. The van der Waals surface area contributed by atoms with Gasteiger partial charge >= 0.3 is 35.8 Å². The van der Waals surface area contributed by atoms with Gasteiger partial charge in [0.15, 0.2) is 18.3 Å². The van der Waals surface area contributed by atoms with E-state index in [0.29, 0.717) is 0 Å². The highest BCUT2D eigenvalue weighted by Crippen LogP contribution is 2.40. The van der Waals surface area contributed by atoms with Crippen LogP contribution in [0.1, 0.15) is 61.3 Å². The number of methoxy groups -OCH3 is 1. The van der Waals surface area contributed by atoms with Gasteiger partial charge in [0.25, 0.3) is 0 Å². The van der Waals surface area contributed by atoms with Crippen molar-refractivity contribution in [2.45, 2.75) is 104 Å². The summed E-state index contributed by atoms with van der Waals surface area (Å²) in [6.45, 7) is 8.87. The summed E-state index contributed by atoms with van der Waals surface area (Å²) in [4.78, 5) is 71.9. The fourth-order valence-corrected chi connectivity index (χ4v) is 5.61. The average Bonchev–Trinajstić information content (AvgIpc) is 2.86. The van der Waals surface area contributed by atoms with E-state index in [9.17, 15) is 28.8 Å². The topological polar surface area (TPSA) is 176 Å². The highest BCUT2D eigenvalue weighted by molar-refractivity contribution is 5.68. The molecule has 0 aromatic rings. The minimum absolute atomic E-state index is 0.0301. The first-order valence-electron chi connectivity index (χ1n) is 13.8. The molecule has 0 saturated heterocycles. The van der Waals surface area contributed by atoms with E-state index < -0.39 is 96.3 Å². The van der Waals surface area contributed by atoms with E-state index in [1.807, 2.05) is 0 Å². The van der Waals surface area contributed by atoms with Gasteiger partial charge in [-0.3, -0.25) is 28.8 Å². The van der Waals surface area contributed by atoms with Gasteiger partial charge in [-0.05, 0) is 12.8 Å². The molecule has 0 N–H and O–H groups in total. The zero-order valence-electron chi connectivity index (χ0n) is 25.3. The van der Waals surface area contributed by atoms with Gasteiger partial charge in [0.2, 0.25) is 0 Å². The Balaban J connectivity index is 2.60. The van der Waals surface area contributed by atoms with Crippen LogP contribution < -0.4 is 0 Å². The average molecular weight is 603 g/mol. The molecule has 0 amide bonds. The quantitative estimate of drug-likeness (QED) is 0.244. The highest BCUT2D eigenvalue weighted by Gasteiger charge is 2.54. The fourth-order valence-electron chi connectivity index (χ4n) is 5.61. The standard InChI is InChI=1S/C28H42O14/c1-13-20(11-36-14(2)29)9-23(27(40-18(6)33)24(13)38-16(4)31)42-25-21(12-37-15(3)30)10-22(35-8)26(39-17(5)32)28(25)41-19(7)34/h13,20-28H,9-12H2,1-8H3. The molecule has 42 heavy (non-hydrogen) atoms. The van der Waals surface area contributed by atoms with Crippen LogP contribution in [-0.4, -0.2) is 98.9 Å². The Labute approximate surface area is 244 Å². The van der Waals surface area contributed by atoms with Crippen LogP contribution in [0.15, 0.2) is 0 Å². The Hall–Kier alpha value is -3.26. The number of rotatable bonds is 11. The van der Waals surface area contributed by atoms with Gasteiger partial charge in [-0.15, -0.1) is 0 Å². The summed E-state index contributed by atoms with van der Waals surface area (Å²) in [5.74, 6) is -5.16. The van der Waals surface area contributed by atoms with E-state index in [1.54, 1.807) is 6.92 Å². The first-order chi connectivity index (χ1) is 19.6. The third-order valence-corrected chi connectivity index (χ3v) is 7.34. The van der Waals surface area contributed by atoms with E-state index in [2.05, 4.69) is 0 Å². The van der Waals surface area contributed by atoms with Crippen LogP contribution >= 0.6 is 0 Å². The van der Waals surface area contributed by atoms with Gasteiger partial charge < -0.3 is 37.9 Å². The number of ether oxygens (including phenoxy) is 8. The number of carbonyl (C=O) groups excluding carboxylic acids is 6. The zero-order chi connectivity index (χ0) is 31.7. The summed E-state index contributed by atoms with van der Waals surface area (Å²) in [5.41, 5.74) is 0. The lowest BCUT2D eigenvalue weighted by molar-refractivity contribution is -0.250. The predicted octanol–water partition coefficient (Wildman–Crippen LogP) is 1.28. The molecule has 2 rings (SSSR count). The third kappa shape index (κ3) is 9.93. The van der Waals surface area contributed by atoms with E-state index >= 15 is 0 Å². The summed E-state index contributed by atoms with van der Waals surface area (Å²) in [5, 5.41) is 0. The molecule has 10 unspecified atom stereocenters. The van der Waals surface area contributed by atoms with Crippen LogP contribution in [0.4, 0.5) is 0 Å². The van der Waals surface area contributed by atoms with E-state index in [4.69, 9.17) is 37.9 Å². The van der Waals surface area contributed by atoms with Crippen LogP contribution in [0.5, 0.6) is 0 Å². The normalized spacial score (nSPS) is 32.6. The number of esters is 6. The van der Waals surface area contributed by atoms with Crippen LogP contribution in [0.2, 0.25) is 0 Å². The van der Waals surface area contributed by atoms with Crippen molar-refractivity contribution >= 4 is 35.8 Å². The number of carbonyl (C=O) groups is 6. The predicted molar refractivity (Wildman–Crippen MR) is 140 cm³/mol. The molecule has 0 radical (unpaired) electrons. The van der Waals surface area contributed by atoms with Crippen LogP contribution in [0.25, 0.3) is 0 Å². The lowest BCUT2D eigenvalue weighted by Gasteiger charge is -2.49. The van der Waals surface area contributed by atoms with Crippen molar-refractivity contribution in [1.29, 1.82) is 0 Å². The minimum atomic E-state index is -1.22. The van der Waals surface area contributed by atoms with Crippen molar-refractivity contribution in [3.8, 4) is 0 Å². The zero-order valence-corrected chi connectivity index (χ0v) is 25.3. The second-order valence-electron chi connectivity index (χ2n) is 10.7. The molecule has 2 fully saturated rings. The molecule has 0 aromatic carbocycles. The van der Waals surface area contributed by atoms with Crippen molar-refractivity contribution in [1.82, 2.24) is 0 Å². The SMILES string of the molecule is COC1CC(COC(C)=O)C(OC2CC(COC(C)=O)C(C)C(OC(C)=O)C2OC(C)=O)C(OC(C)=O)C1OC(C)=O. The molecule has 14 nitrogen and oxygen atoms in total. The molecule has 2 saturated carbocycles. The largest absolute Gasteiger partial charge is 0.466 e. The lowest BCUT2D eigenvalue weighted by Crippen LogP contribution is -2.62. The van der Waals surface area contributed by atoms with Crippen LogP contribution in [0, 0.1) is 17.8 Å². The maximum atomic E-state index is 12.3. The van der Waals surface area contributed by atoms with E-state index in [0.717, 1.165) is 0 Å². The summed E-state index contributed by atoms with van der Waals surface area (Å²) in [6.07, 6.45) is -6.83. The van der Waals surface area contributed by atoms with E-state index in [-0.39, 0.29) is 26.1 Å². The molecule has 0 spiro atoms. The molecule has 0 aliphatic heterocycles. The van der Waals surface area contributed by atoms with Crippen molar-refractivity contribution in [2.75, 3.05) is 20.3 Å². The third-order valence-electron chi connectivity index (χ3n) is 7.34. The van der Waals surface area contributed by atoms with Crippen molar-refractivity contribution in [3.05, 3.63) is 0 Å². The Morgan fingerprint density at radius 1 is 0.524 bits per heavy atom. The smallest absolute Gasteiger partial charge is 0.303 e. The summed E-state index contributed by atoms with van der Waals surface area (Å²) in [7, 11) is 1.40. The molecular weight excluding hydrogens is 560 g/mol. The van der Waals surface area contributed by atoms with Gasteiger partial charge in [0, 0.05) is 66.4 Å². The highest BCUT2D eigenvalue weighted by atomic mass is 16.6. The molecule has 10 atom stereocenters. The Kier molecular flexibility index (Phi) is 13.2. The first-order valence-corrected chi connectivity index (χ1v) is 13.8. The van der Waals surface area contributed by atoms with Gasteiger partial charge in [0.05, 0.1) is 25.4 Å². The van der Waals surface area contributed by atoms with Gasteiger partial charge in [0.1, 0.15) is 12.2 Å². The number of hydrogen-bond acceptors (Lipinski definition) is 14. The van der Waals surface area contributed by atoms with Gasteiger partial charge in [-0.25, -0.2) is 0 Å². The van der Waals surface area contributed by atoms with Crippen LogP contribution in [0.3, 0.4) is 0 Å². The summed E-state index contributed by atoms with van der Waals surface area (Å²) >= 11 is 0. The molecule has 0 heterocycles. The second-order valence-corrected chi connectivity index (χ2v) is 10.7. The fraction of sp³-hybridized carbons (Fsp3) is 0.786. The minimum Gasteiger partial charge on any atom is -0.466 e. The lowest BCUT2D eigenvalue weighted by atomic mass is 9.74. The summed E-state index contributed by atoms with van der Waals surface area (Å²) in [6, 6.07) is 0. The first kappa shape index (κ1) is 34.9. The number of hydrogen-bond donors (Lipinski definition) is 0. The molecule has 14 heteroatoms. The molecule has 0 aromatic heterocycles.